The van der Waals surface area contributed by atoms with Gasteiger partial charge in [0, 0.05) is 11.6 Å². The van der Waals surface area contributed by atoms with Gasteiger partial charge in [-0.05, 0) is 35.4 Å². The molecule has 29 heavy (non-hydrogen) atoms. The van der Waals surface area contributed by atoms with Crippen LogP contribution in [0, 0.1) is 0 Å². The highest BCUT2D eigenvalue weighted by Crippen LogP contribution is 2.25. The van der Waals surface area contributed by atoms with Crippen molar-refractivity contribution in [2.45, 2.75) is 6.61 Å². The molecule has 144 valence electrons. The zero-order valence-electron chi connectivity index (χ0n) is 15.9. The summed E-state index contributed by atoms with van der Waals surface area (Å²) in [7, 11) is 1.61. The van der Waals surface area contributed by atoms with Gasteiger partial charge in [0.1, 0.15) is 18.1 Å². The number of methoxy groups -OCH3 is 1. The van der Waals surface area contributed by atoms with E-state index >= 15 is 0 Å². The summed E-state index contributed by atoms with van der Waals surface area (Å²) in [5, 5.41) is 3.97. The average molecular weight is 385 g/mol. The van der Waals surface area contributed by atoms with Crippen molar-refractivity contribution in [3.05, 3.63) is 96.2 Å². The maximum Gasteiger partial charge on any atom is 0.338 e. The number of carbonyl (C=O) groups excluding carboxylic acids is 1. The minimum Gasteiger partial charge on any atom is -0.497 e. The van der Waals surface area contributed by atoms with Gasteiger partial charge in [0.2, 0.25) is 0 Å². The minimum absolute atomic E-state index is 0.0345. The lowest BCUT2D eigenvalue weighted by Gasteiger charge is -2.05. The third-order valence-electron chi connectivity index (χ3n) is 4.49. The summed E-state index contributed by atoms with van der Waals surface area (Å²) in [5.41, 5.74) is 4.01. The summed E-state index contributed by atoms with van der Waals surface area (Å²) in [4.78, 5) is 12.3. The van der Waals surface area contributed by atoms with Crippen LogP contribution < -0.4 is 4.74 Å². The van der Waals surface area contributed by atoms with Crippen molar-refractivity contribution in [1.29, 1.82) is 0 Å². The highest BCUT2D eigenvalue weighted by molar-refractivity contribution is 5.90. The molecule has 0 aliphatic heterocycles. The Balaban J connectivity index is 1.39. The van der Waals surface area contributed by atoms with Crippen LogP contribution >= 0.6 is 0 Å². The van der Waals surface area contributed by atoms with E-state index in [0.29, 0.717) is 17.0 Å². The van der Waals surface area contributed by atoms with Crippen LogP contribution in [0.15, 0.2) is 89.5 Å². The second-order valence-electron chi connectivity index (χ2n) is 6.43. The number of hydrogen-bond acceptors (Lipinski definition) is 5. The van der Waals surface area contributed by atoms with E-state index in [1.165, 1.54) is 0 Å². The predicted octanol–water partition coefficient (Wildman–Crippen LogP) is 5.37. The van der Waals surface area contributed by atoms with Crippen molar-refractivity contribution in [2.24, 2.45) is 0 Å². The molecule has 0 aliphatic rings. The molecule has 0 bridgehead atoms. The van der Waals surface area contributed by atoms with E-state index in [-0.39, 0.29) is 6.61 Å². The lowest BCUT2D eigenvalue weighted by atomic mass is 10.0. The second kappa shape index (κ2) is 8.44. The summed E-state index contributed by atoms with van der Waals surface area (Å²) in [6, 6.07) is 26.5. The highest BCUT2D eigenvalue weighted by Gasteiger charge is 2.12. The molecule has 0 saturated heterocycles. The van der Waals surface area contributed by atoms with Gasteiger partial charge in [-0.15, -0.1) is 0 Å². The van der Waals surface area contributed by atoms with Gasteiger partial charge >= 0.3 is 5.97 Å². The Bertz CT molecular complexity index is 1100. The first-order valence-electron chi connectivity index (χ1n) is 9.15. The zero-order valence-corrected chi connectivity index (χ0v) is 15.9. The van der Waals surface area contributed by atoms with E-state index in [4.69, 9.17) is 14.0 Å². The molecule has 0 fully saturated rings. The molecule has 0 N–H and O–H groups in total. The van der Waals surface area contributed by atoms with Gasteiger partial charge < -0.3 is 14.0 Å². The van der Waals surface area contributed by atoms with Crippen LogP contribution in [0.25, 0.3) is 22.5 Å². The van der Waals surface area contributed by atoms with Crippen LogP contribution in [-0.4, -0.2) is 18.2 Å². The molecule has 1 aromatic heterocycles. The number of hydrogen-bond donors (Lipinski definition) is 0. The SMILES string of the molecule is COc1cccc(-c2cc(COC(=O)c3ccc(-c4ccccc4)cc3)no2)c1. The molecule has 0 spiro atoms. The average Bonchev–Trinajstić information content (AvgIpc) is 3.27. The maximum atomic E-state index is 12.3. The Morgan fingerprint density at radius 1 is 0.862 bits per heavy atom. The summed E-state index contributed by atoms with van der Waals surface area (Å²) in [6.45, 7) is 0.0345. The zero-order chi connectivity index (χ0) is 20.1. The molecule has 4 aromatic rings. The molecule has 0 unspecified atom stereocenters. The Hall–Kier alpha value is -3.86. The van der Waals surface area contributed by atoms with Crippen molar-refractivity contribution in [2.75, 3.05) is 7.11 Å². The maximum absolute atomic E-state index is 12.3. The van der Waals surface area contributed by atoms with Gasteiger partial charge in [0.25, 0.3) is 0 Å². The second-order valence-corrected chi connectivity index (χ2v) is 6.43. The van der Waals surface area contributed by atoms with Crippen molar-refractivity contribution in [3.63, 3.8) is 0 Å². The van der Waals surface area contributed by atoms with Crippen LogP contribution in [0.4, 0.5) is 0 Å². The van der Waals surface area contributed by atoms with E-state index in [1.54, 1.807) is 25.3 Å². The molecule has 0 amide bonds. The molecular weight excluding hydrogens is 366 g/mol. The van der Waals surface area contributed by atoms with Crippen LogP contribution in [0.3, 0.4) is 0 Å². The minimum atomic E-state index is -0.407. The molecule has 0 aliphatic carbocycles. The molecule has 0 atom stereocenters. The molecular formula is C24H19NO4. The van der Waals surface area contributed by atoms with Gasteiger partial charge in [-0.3, -0.25) is 0 Å². The van der Waals surface area contributed by atoms with Gasteiger partial charge in [0.05, 0.1) is 12.7 Å². The number of carbonyl (C=O) groups is 1. The van der Waals surface area contributed by atoms with E-state index < -0.39 is 5.97 Å². The summed E-state index contributed by atoms with van der Waals surface area (Å²) in [6.07, 6.45) is 0. The third kappa shape index (κ3) is 4.35. The number of ether oxygens (including phenoxy) is 2. The summed E-state index contributed by atoms with van der Waals surface area (Å²) < 4.78 is 15.9. The van der Waals surface area contributed by atoms with Crippen LogP contribution in [0.1, 0.15) is 16.1 Å². The van der Waals surface area contributed by atoms with Gasteiger partial charge in [-0.2, -0.15) is 0 Å². The Morgan fingerprint density at radius 3 is 2.34 bits per heavy atom. The smallest absolute Gasteiger partial charge is 0.338 e. The van der Waals surface area contributed by atoms with Crippen molar-refractivity contribution in [3.8, 4) is 28.2 Å². The Labute approximate surface area is 168 Å². The molecule has 0 saturated carbocycles. The fourth-order valence-electron chi connectivity index (χ4n) is 2.94. The quantitative estimate of drug-likeness (QED) is 0.417. The number of rotatable bonds is 6. The van der Waals surface area contributed by atoms with Crippen LogP contribution in [0.5, 0.6) is 5.75 Å². The van der Waals surface area contributed by atoms with Gasteiger partial charge in [0.15, 0.2) is 5.76 Å². The Kier molecular flexibility index (Phi) is 5.38. The first-order chi connectivity index (χ1) is 14.2. The van der Waals surface area contributed by atoms with Crippen LogP contribution in [-0.2, 0) is 11.3 Å². The standard InChI is InChI=1S/C24H19NO4/c1-27-22-9-5-8-20(14-22)23-15-21(25-29-23)16-28-24(26)19-12-10-18(11-13-19)17-6-3-2-4-7-17/h2-15H,16H2,1H3. The van der Waals surface area contributed by atoms with E-state index in [1.807, 2.05) is 66.7 Å². The fraction of sp³-hybridized carbons (Fsp3) is 0.0833. The molecule has 1 heterocycles. The van der Waals surface area contributed by atoms with Crippen molar-refractivity contribution >= 4 is 5.97 Å². The van der Waals surface area contributed by atoms with Gasteiger partial charge in [-0.25, -0.2) is 4.79 Å². The molecule has 0 radical (unpaired) electrons. The number of aromatic nitrogens is 1. The lowest BCUT2D eigenvalue weighted by molar-refractivity contribution is 0.0464. The molecule has 5 nitrogen and oxygen atoms in total. The molecule has 4 rings (SSSR count). The number of esters is 1. The van der Waals surface area contributed by atoms with Gasteiger partial charge in [-0.1, -0.05) is 59.8 Å². The van der Waals surface area contributed by atoms with Crippen LogP contribution in [0.2, 0.25) is 0 Å². The number of benzene rings is 3. The number of nitrogens with zero attached hydrogens (tertiary/aromatic N) is 1. The Morgan fingerprint density at radius 2 is 1.59 bits per heavy atom. The highest BCUT2D eigenvalue weighted by atomic mass is 16.5. The largest absolute Gasteiger partial charge is 0.497 e. The van der Waals surface area contributed by atoms with E-state index in [2.05, 4.69) is 5.16 Å². The summed E-state index contributed by atoms with van der Waals surface area (Å²) in [5.74, 6) is 0.906. The van der Waals surface area contributed by atoms with E-state index in [0.717, 1.165) is 22.4 Å². The van der Waals surface area contributed by atoms with E-state index in [9.17, 15) is 4.79 Å². The topological polar surface area (TPSA) is 61.6 Å². The van der Waals surface area contributed by atoms with Crippen molar-refractivity contribution in [1.82, 2.24) is 5.16 Å². The normalized spacial score (nSPS) is 10.5. The lowest BCUT2D eigenvalue weighted by Crippen LogP contribution is -2.05. The third-order valence-corrected chi connectivity index (χ3v) is 4.49. The summed E-state index contributed by atoms with van der Waals surface area (Å²) >= 11 is 0. The first kappa shape index (κ1) is 18.5. The monoisotopic (exact) mass is 385 g/mol. The fourth-order valence-corrected chi connectivity index (χ4v) is 2.94. The first-order valence-corrected chi connectivity index (χ1v) is 9.15. The van der Waals surface area contributed by atoms with Crippen molar-refractivity contribution < 1.29 is 18.8 Å². The predicted molar refractivity (Wildman–Crippen MR) is 109 cm³/mol. The molecule has 3 aromatic carbocycles. The molecule has 5 heteroatoms.